The van der Waals surface area contributed by atoms with Crippen molar-refractivity contribution in [2.45, 2.75) is 32.6 Å². The van der Waals surface area contributed by atoms with Gasteiger partial charge in [-0.2, -0.15) is 13.2 Å². The summed E-state index contributed by atoms with van der Waals surface area (Å²) < 4.78 is 57.1. The Balaban J connectivity index is 1.61. The third-order valence-electron chi connectivity index (χ3n) is 4.74. The molecule has 4 nitrogen and oxygen atoms in total. The number of halogens is 3. The highest BCUT2D eigenvalue weighted by Gasteiger charge is 2.40. The summed E-state index contributed by atoms with van der Waals surface area (Å²) in [5.74, 6) is 1.77. The first kappa shape index (κ1) is 23.6. The Hall–Kier alpha value is -3.03. The molecule has 1 unspecified atom stereocenters. The van der Waals surface area contributed by atoms with Gasteiger partial charge in [0.1, 0.15) is 23.3 Å². The van der Waals surface area contributed by atoms with E-state index in [9.17, 15) is 13.2 Å². The van der Waals surface area contributed by atoms with Crippen molar-refractivity contribution in [2.24, 2.45) is 0 Å². The van der Waals surface area contributed by atoms with Crippen molar-refractivity contribution in [3.63, 3.8) is 0 Å². The summed E-state index contributed by atoms with van der Waals surface area (Å²) in [5.41, 5.74) is 1.96. The number of hydrogen-bond acceptors (Lipinski definition) is 4. The maximum absolute atomic E-state index is 13.7. The molecule has 3 rings (SSSR count). The molecule has 1 atom stereocenters. The van der Waals surface area contributed by atoms with E-state index < -0.39 is 12.2 Å². The van der Waals surface area contributed by atoms with Gasteiger partial charge >= 0.3 is 6.18 Å². The maximum Gasteiger partial charge on any atom is 0.407 e. The molecule has 32 heavy (non-hydrogen) atoms. The monoisotopic (exact) mass is 445 g/mol. The van der Waals surface area contributed by atoms with Crippen molar-refractivity contribution in [3.05, 3.63) is 89.5 Å². The van der Waals surface area contributed by atoms with Crippen LogP contribution in [0.15, 0.2) is 72.8 Å². The molecule has 0 radical (unpaired) electrons. The first-order chi connectivity index (χ1) is 15.3. The van der Waals surface area contributed by atoms with E-state index in [1.165, 1.54) is 24.3 Å². The van der Waals surface area contributed by atoms with Gasteiger partial charge in [0.05, 0.1) is 0 Å². The Morgan fingerprint density at radius 3 is 1.94 bits per heavy atom. The predicted octanol–water partition coefficient (Wildman–Crippen LogP) is 6.55. The van der Waals surface area contributed by atoms with Gasteiger partial charge in [0.25, 0.3) is 0 Å². The molecule has 0 amide bonds. The van der Waals surface area contributed by atoms with Gasteiger partial charge in [0.15, 0.2) is 6.79 Å². The maximum atomic E-state index is 13.7. The van der Waals surface area contributed by atoms with Crippen LogP contribution in [0.25, 0.3) is 0 Å². The summed E-state index contributed by atoms with van der Waals surface area (Å²) in [6.07, 6.45) is -4.44. The van der Waals surface area contributed by atoms with Crippen molar-refractivity contribution in [2.75, 3.05) is 13.4 Å². The van der Waals surface area contributed by atoms with E-state index in [2.05, 4.69) is 5.32 Å². The summed E-state index contributed by atoms with van der Waals surface area (Å²) in [6.45, 7) is 4.43. The Morgan fingerprint density at radius 1 is 0.812 bits per heavy atom. The molecule has 170 valence electrons. The van der Waals surface area contributed by atoms with E-state index >= 15 is 0 Å². The molecule has 0 saturated carbocycles. The average Bonchev–Trinajstić information content (AvgIpc) is 2.77. The zero-order valence-electron chi connectivity index (χ0n) is 18.0. The van der Waals surface area contributed by atoms with E-state index in [0.717, 1.165) is 5.56 Å². The molecule has 0 bridgehead atoms. The second-order valence-corrected chi connectivity index (χ2v) is 7.24. The average molecular weight is 445 g/mol. The lowest BCUT2D eigenvalue weighted by Crippen LogP contribution is -2.33. The van der Waals surface area contributed by atoms with Crippen LogP contribution in [0.2, 0.25) is 0 Å². The Morgan fingerprint density at radius 2 is 1.38 bits per heavy atom. The minimum Gasteiger partial charge on any atom is -0.468 e. The molecular formula is C25H26F3NO3. The zero-order valence-corrected chi connectivity index (χ0v) is 18.0. The summed E-state index contributed by atoms with van der Waals surface area (Å²) in [6, 6.07) is 18.6. The number of benzene rings is 3. The highest BCUT2D eigenvalue weighted by molar-refractivity contribution is 5.35. The largest absolute Gasteiger partial charge is 0.468 e. The normalized spacial score (nSPS) is 12.4. The second kappa shape index (κ2) is 11.0. The van der Waals surface area contributed by atoms with Gasteiger partial charge in [-0.15, -0.1) is 0 Å². The van der Waals surface area contributed by atoms with Gasteiger partial charge in [0.2, 0.25) is 0 Å². The van der Waals surface area contributed by atoms with Gasteiger partial charge < -0.3 is 14.2 Å². The molecule has 0 aliphatic heterocycles. The minimum absolute atomic E-state index is 0.0532. The quantitative estimate of drug-likeness (QED) is 0.284. The SMILES string of the molecule is CCOCOc1ccc(C(NCc2ccc(Oc3ccc(C)cc3)cc2)C(F)(F)F)cc1. The minimum atomic E-state index is -4.44. The number of alkyl halides is 3. The molecule has 0 aromatic heterocycles. The fourth-order valence-corrected chi connectivity index (χ4v) is 3.01. The molecule has 0 aliphatic carbocycles. The third-order valence-corrected chi connectivity index (χ3v) is 4.74. The Labute approximate surface area is 185 Å². The lowest BCUT2D eigenvalue weighted by atomic mass is 10.1. The van der Waals surface area contributed by atoms with E-state index in [-0.39, 0.29) is 18.9 Å². The van der Waals surface area contributed by atoms with E-state index in [1.54, 1.807) is 24.3 Å². The molecular weight excluding hydrogens is 419 g/mol. The van der Waals surface area contributed by atoms with Crippen LogP contribution in [0.3, 0.4) is 0 Å². The predicted molar refractivity (Wildman–Crippen MR) is 117 cm³/mol. The van der Waals surface area contributed by atoms with Crippen LogP contribution in [0.5, 0.6) is 17.2 Å². The molecule has 3 aromatic rings. The van der Waals surface area contributed by atoms with Gasteiger partial charge in [-0.1, -0.05) is 42.0 Å². The highest BCUT2D eigenvalue weighted by Crippen LogP contribution is 2.34. The van der Waals surface area contributed by atoms with Crippen LogP contribution < -0.4 is 14.8 Å². The van der Waals surface area contributed by atoms with E-state index in [4.69, 9.17) is 14.2 Å². The molecule has 0 saturated heterocycles. The zero-order chi connectivity index (χ0) is 23.0. The lowest BCUT2D eigenvalue weighted by molar-refractivity contribution is -0.158. The Bertz CT molecular complexity index is 956. The van der Waals surface area contributed by atoms with Crippen molar-refractivity contribution in [3.8, 4) is 17.2 Å². The fraction of sp³-hybridized carbons (Fsp3) is 0.280. The van der Waals surface area contributed by atoms with Gasteiger partial charge in [-0.05, 0) is 61.4 Å². The molecule has 1 N–H and O–H groups in total. The van der Waals surface area contributed by atoms with Crippen molar-refractivity contribution in [1.29, 1.82) is 0 Å². The summed E-state index contributed by atoms with van der Waals surface area (Å²) in [4.78, 5) is 0. The number of aryl methyl sites for hydroxylation is 1. The number of ether oxygens (including phenoxy) is 3. The summed E-state index contributed by atoms with van der Waals surface area (Å²) >= 11 is 0. The van der Waals surface area contributed by atoms with E-state index in [1.807, 2.05) is 38.1 Å². The van der Waals surface area contributed by atoms with Crippen LogP contribution in [-0.4, -0.2) is 19.6 Å². The van der Waals surface area contributed by atoms with Gasteiger partial charge in [0, 0.05) is 13.2 Å². The second-order valence-electron chi connectivity index (χ2n) is 7.24. The number of rotatable bonds is 10. The van der Waals surface area contributed by atoms with Crippen molar-refractivity contribution < 1.29 is 27.4 Å². The summed E-state index contributed by atoms with van der Waals surface area (Å²) in [7, 11) is 0. The molecule has 0 fully saturated rings. The standard InChI is InChI=1S/C25H26F3NO3/c1-3-30-17-31-21-14-8-20(9-15-21)24(25(26,27)28)29-16-19-6-12-23(13-7-19)32-22-10-4-18(2)5-11-22/h4-15,24,29H,3,16-17H2,1-2H3. The molecule has 0 spiro atoms. The molecule has 0 heterocycles. The van der Waals surface area contributed by atoms with Crippen LogP contribution in [0.4, 0.5) is 13.2 Å². The molecule has 7 heteroatoms. The van der Waals surface area contributed by atoms with Gasteiger partial charge in [-0.25, -0.2) is 0 Å². The van der Waals surface area contributed by atoms with Crippen LogP contribution >= 0.6 is 0 Å². The first-order valence-electron chi connectivity index (χ1n) is 10.3. The van der Waals surface area contributed by atoms with Crippen LogP contribution in [-0.2, 0) is 11.3 Å². The lowest BCUT2D eigenvalue weighted by Gasteiger charge is -2.22. The summed E-state index contributed by atoms with van der Waals surface area (Å²) in [5, 5.41) is 2.61. The first-order valence-corrected chi connectivity index (χ1v) is 10.3. The number of hydrogen-bond donors (Lipinski definition) is 1. The van der Waals surface area contributed by atoms with Crippen molar-refractivity contribution in [1.82, 2.24) is 5.32 Å². The van der Waals surface area contributed by atoms with Crippen LogP contribution in [0, 0.1) is 6.92 Å². The Kier molecular flexibility index (Phi) is 8.14. The fourth-order valence-electron chi connectivity index (χ4n) is 3.01. The third kappa shape index (κ3) is 7.00. The van der Waals surface area contributed by atoms with Gasteiger partial charge in [-0.3, -0.25) is 5.32 Å². The highest BCUT2D eigenvalue weighted by atomic mass is 19.4. The van der Waals surface area contributed by atoms with E-state index in [0.29, 0.717) is 29.4 Å². The van der Waals surface area contributed by atoms with Crippen molar-refractivity contribution >= 4 is 0 Å². The molecule has 3 aromatic carbocycles. The van der Waals surface area contributed by atoms with Crippen LogP contribution in [0.1, 0.15) is 29.7 Å². The number of nitrogens with one attached hydrogen (secondary N) is 1. The topological polar surface area (TPSA) is 39.7 Å². The smallest absolute Gasteiger partial charge is 0.407 e. The molecule has 0 aliphatic rings.